The quantitative estimate of drug-likeness (QED) is 0.413. The highest BCUT2D eigenvalue weighted by Gasteiger charge is 2.37. The summed E-state index contributed by atoms with van der Waals surface area (Å²) >= 11 is 0. The Balaban J connectivity index is 1.35. The van der Waals surface area contributed by atoms with Crippen molar-refractivity contribution in [1.29, 1.82) is 0 Å². The summed E-state index contributed by atoms with van der Waals surface area (Å²) in [6.45, 7) is 5.45. The maximum atomic E-state index is 13.3. The first kappa shape index (κ1) is 30.6. The first-order valence-corrected chi connectivity index (χ1v) is 14.4. The molecule has 224 valence electrons. The monoisotopic (exact) mass is 571 g/mol. The van der Waals surface area contributed by atoms with E-state index in [2.05, 4.69) is 4.90 Å². The topological polar surface area (TPSA) is 91.8 Å². The summed E-state index contributed by atoms with van der Waals surface area (Å²) in [4.78, 5) is 30.1. The summed E-state index contributed by atoms with van der Waals surface area (Å²) < 4.78 is 30.7. The Labute approximate surface area is 241 Å². The molecule has 2 aromatic carbocycles. The van der Waals surface area contributed by atoms with E-state index in [1.165, 1.54) is 31.2 Å². The molecule has 4 rings (SSSR count). The molecule has 0 aliphatic carbocycles. The zero-order chi connectivity index (χ0) is 29.2. The molecule has 1 unspecified atom stereocenters. The summed E-state index contributed by atoms with van der Waals surface area (Å²) in [5, 5.41) is 11.5. The molecule has 2 aromatic rings. The Hall–Kier alpha value is -3.37. The molecule has 1 atom stereocenters. The third kappa shape index (κ3) is 9.06. The van der Waals surface area contributed by atoms with Crippen molar-refractivity contribution >= 4 is 11.8 Å². The van der Waals surface area contributed by atoms with Gasteiger partial charge in [0.15, 0.2) is 11.5 Å². The van der Waals surface area contributed by atoms with E-state index in [9.17, 15) is 19.1 Å². The van der Waals surface area contributed by atoms with Crippen LogP contribution in [-0.2, 0) is 16.1 Å². The number of carbonyl (C=O) groups is 2. The zero-order valence-electron chi connectivity index (χ0n) is 24.1. The van der Waals surface area contributed by atoms with E-state index in [4.69, 9.17) is 14.2 Å². The fourth-order valence-electron chi connectivity index (χ4n) is 5.39. The van der Waals surface area contributed by atoms with Crippen LogP contribution >= 0.6 is 0 Å². The van der Waals surface area contributed by atoms with Gasteiger partial charge in [-0.3, -0.25) is 14.5 Å². The van der Waals surface area contributed by atoms with Crippen LogP contribution in [0, 0.1) is 5.82 Å². The Bertz CT molecular complexity index is 1160. The van der Waals surface area contributed by atoms with Gasteiger partial charge in [-0.25, -0.2) is 4.39 Å². The Morgan fingerprint density at radius 3 is 2.56 bits per heavy atom. The second-order valence-corrected chi connectivity index (χ2v) is 11.0. The number of amides is 2. The molecule has 0 saturated carbocycles. The van der Waals surface area contributed by atoms with E-state index >= 15 is 0 Å². The highest BCUT2D eigenvalue weighted by Crippen LogP contribution is 2.29. The maximum Gasteiger partial charge on any atom is 0.222 e. The van der Waals surface area contributed by atoms with Crippen LogP contribution < -0.4 is 14.2 Å². The number of likely N-dealkylation sites (tertiary alicyclic amines) is 1. The van der Waals surface area contributed by atoms with Gasteiger partial charge in [-0.1, -0.05) is 12.5 Å². The fraction of sp³-hybridized carbons (Fsp3) is 0.548. The molecule has 2 fully saturated rings. The van der Waals surface area contributed by atoms with Crippen molar-refractivity contribution in [3.05, 3.63) is 53.8 Å². The van der Waals surface area contributed by atoms with Crippen molar-refractivity contribution in [2.24, 2.45) is 0 Å². The lowest BCUT2D eigenvalue weighted by molar-refractivity contribution is -0.132. The van der Waals surface area contributed by atoms with Gasteiger partial charge in [0.2, 0.25) is 11.8 Å². The Kier molecular flexibility index (Phi) is 10.8. The Morgan fingerprint density at radius 2 is 1.80 bits per heavy atom. The van der Waals surface area contributed by atoms with Crippen LogP contribution in [0.3, 0.4) is 0 Å². The molecular weight excluding hydrogens is 529 g/mol. The number of halogens is 1. The smallest absolute Gasteiger partial charge is 0.222 e. The third-order valence-electron chi connectivity index (χ3n) is 7.59. The average Bonchev–Trinajstić information content (AvgIpc) is 3.26. The highest BCUT2D eigenvalue weighted by molar-refractivity contribution is 5.76. The molecule has 9 nitrogen and oxygen atoms in total. The molecule has 10 heteroatoms. The van der Waals surface area contributed by atoms with Gasteiger partial charge in [0, 0.05) is 52.6 Å². The number of benzene rings is 2. The number of methoxy groups -OCH3 is 1. The van der Waals surface area contributed by atoms with Crippen molar-refractivity contribution < 1.29 is 33.3 Å². The largest absolute Gasteiger partial charge is 0.493 e. The molecule has 2 aliphatic heterocycles. The van der Waals surface area contributed by atoms with Gasteiger partial charge < -0.3 is 29.1 Å². The molecule has 2 heterocycles. The number of rotatable bonds is 11. The van der Waals surface area contributed by atoms with Crippen LogP contribution in [0.1, 0.15) is 44.6 Å². The van der Waals surface area contributed by atoms with Gasteiger partial charge in [0.1, 0.15) is 23.8 Å². The van der Waals surface area contributed by atoms with Crippen LogP contribution in [-0.4, -0.2) is 96.8 Å². The van der Waals surface area contributed by atoms with Gasteiger partial charge in [0.05, 0.1) is 20.3 Å². The van der Waals surface area contributed by atoms with Crippen molar-refractivity contribution in [2.45, 2.75) is 51.2 Å². The van der Waals surface area contributed by atoms with Crippen molar-refractivity contribution in [3.8, 4) is 17.2 Å². The van der Waals surface area contributed by atoms with Crippen molar-refractivity contribution in [2.75, 3.05) is 59.6 Å². The van der Waals surface area contributed by atoms with Gasteiger partial charge >= 0.3 is 0 Å². The van der Waals surface area contributed by atoms with E-state index in [1.807, 2.05) is 23.1 Å². The lowest BCUT2D eigenvalue weighted by Crippen LogP contribution is -2.51. The number of hydrogen-bond donors (Lipinski definition) is 1. The highest BCUT2D eigenvalue weighted by atomic mass is 19.1. The summed E-state index contributed by atoms with van der Waals surface area (Å²) in [5.74, 6) is 1.46. The molecule has 0 bridgehead atoms. The van der Waals surface area contributed by atoms with Crippen LogP contribution in [0.15, 0.2) is 42.5 Å². The van der Waals surface area contributed by atoms with E-state index in [0.717, 1.165) is 37.8 Å². The van der Waals surface area contributed by atoms with Gasteiger partial charge in [0.25, 0.3) is 0 Å². The number of carbonyl (C=O) groups excluding carboxylic acids is 2. The molecule has 41 heavy (non-hydrogen) atoms. The van der Waals surface area contributed by atoms with E-state index in [1.54, 1.807) is 12.0 Å². The Morgan fingerprint density at radius 1 is 1.00 bits per heavy atom. The zero-order valence-corrected chi connectivity index (χ0v) is 24.1. The minimum Gasteiger partial charge on any atom is -0.493 e. The van der Waals surface area contributed by atoms with Gasteiger partial charge in [-0.05, 0) is 61.2 Å². The number of β-amino-alcohol motifs (C(OH)–C–C–N with tert-alkyl or cyclic N) is 1. The summed E-state index contributed by atoms with van der Waals surface area (Å²) in [7, 11) is 1.60. The van der Waals surface area contributed by atoms with Gasteiger partial charge in [-0.15, -0.1) is 0 Å². The molecular formula is C31H42FN3O6. The molecule has 0 aromatic heterocycles. The first-order valence-electron chi connectivity index (χ1n) is 14.4. The standard InChI is InChI=1S/C31H42FN3O6/c1-24(36)35-17-16-33(21-31(38,22-35)23-41-27-11-9-26(32)10-12-27)20-25-8-13-28(29(19-25)39-2)40-18-6-15-34-14-5-3-4-7-30(34)37/h8-13,19,38H,3-7,14-18,20-23H2,1-2H3. The predicted octanol–water partition coefficient (Wildman–Crippen LogP) is 3.48. The molecule has 2 saturated heterocycles. The molecule has 0 spiro atoms. The predicted molar refractivity (Wildman–Crippen MR) is 153 cm³/mol. The van der Waals surface area contributed by atoms with E-state index < -0.39 is 5.60 Å². The normalized spacial score (nSPS) is 20.3. The second-order valence-electron chi connectivity index (χ2n) is 11.0. The summed E-state index contributed by atoms with van der Waals surface area (Å²) in [5.41, 5.74) is -0.346. The average molecular weight is 572 g/mol. The number of ether oxygens (including phenoxy) is 3. The van der Waals surface area contributed by atoms with Crippen molar-refractivity contribution in [1.82, 2.24) is 14.7 Å². The molecule has 1 N–H and O–H groups in total. The minimum absolute atomic E-state index is 0.0436. The minimum atomic E-state index is -1.32. The summed E-state index contributed by atoms with van der Waals surface area (Å²) in [6, 6.07) is 11.4. The molecule has 0 radical (unpaired) electrons. The van der Waals surface area contributed by atoms with Crippen LogP contribution in [0.4, 0.5) is 4.39 Å². The molecule has 2 aliphatic rings. The van der Waals surface area contributed by atoms with Crippen LogP contribution in [0.2, 0.25) is 0 Å². The van der Waals surface area contributed by atoms with E-state index in [0.29, 0.717) is 56.5 Å². The maximum absolute atomic E-state index is 13.3. The number of aliphatic hydroxyl groups is 1. The number of nitrogens with zero attached hydrogens (tertiary/aromatic N) is 3. The SMILES string of the molecule is COc1cc(CN2CCN(C(C)=O)CC(O)(COc3ccc(F)cc3)C2)ccc1OCCCN1CCCCCC1=O. The second kappa shape index (κ2) is 14.5. The lowest BCUT2D eigenvalue weighted by Gasteiger charge is -2.32. The van der Waals surface area contributed by atoms with Crippen molar-refractivity contribution in [3.63, 3.8) is 0 Å². The number of hydrogen-bond acceptors (Lipinski definition) is 7. The first-order chi connectivity index (χ1) is 19.7. The lowest BCUT2D eigenvalue weighted by atomic mass is 10.0. The fourth-order valence-corrected chi connectivity index (χ4v) is 5.39. The van der Waals surface area contributed by atoms with Crippen LogP contribution in [0.5, 0.6) is 17.2 Å². The van der Waals surface area contributed by atoms with E-state index in [-0.39, 0.29) is 37.3 Å². The summed E-state index contributed by atoms with van der Waals surface area (Å²) in [6.07, 6.45) is 4.53. The molecule has 2 amide bonds. The van der Waals surface area contributed by atoms with Crippen LogP contribution in [0.25, 0.3) is 0 Å². The third-order valence-corrected chi connectivity index (χ3v) is 7.59. The van der Waals surface area contributed by atoms with Gasteiger partial charge in [-0.2, -0.15) is 0 Å².